The van der Waals surface area contributed by atoms with Crippen LogP contribution in [0.5, 0.6) is 0 Å². The zero-order valence-corrected chi connectivity index (χ0v) is 9.18. The summed E-state index contributed by atoms with van der Waals surface area (Å²) in [7, 11) is 0. The standard InChI is InChI=1S/C9H18F3NO3/c1-8(5-14,6-15)13-3-2-4-16-7-9(10,11)12/h13-15H,2-7H2,1H3. The molecule has 0 rings (SSSR count). The molecule has 0 amide bonds. The van der Waals surface area contributed by atoms with Crippen LogP contribution in [0.25, 0.3) is 0 Å². The van der Waals surface area contributed by atoms with Crippen LogP contribution in [-0.2, 0) is 4.74 Å². The average molecular weight is 245 g/mol. The monoisotopic (exact) mass is 245 g/mol. The number of alkyl halides is 3. The summed E-state index contributed by atoms with van der Waals surface area (Å²) in [6, 6.07) is 0. The Morgan fingerprint density at radius 3 is 2.19 bits per heavy atom. The molecule has 0 bridgehead atoms. The zero-order valence-electron chi connectivity index (χ0n) is 9.18. The molecule has 0 spiro atoms. The predicted molar refractivity (Wildman–Crippen MR) is 52.1 cm³/mol. The first-order valence-corrected chi connectivity index (χ1v) is 4.94. The van der Waals surface area contributed by atoms with Gasteiger partial charge in [-0.3, -0.25) is 0 Å². The summed E-state index contributed by atoms with van der Waals surface area (Å²) in [6.07, 6.45) is -3.91. The second-order valence-corrected chi connectivity index (χ2v) is 3.82. The van der Waals surface area contributed by atoms with Gasteiger partial charge in [0.25, 0.3) is 0 Å². The molecule has 0 atom stereocenters. The SMILES string of the molecule is CC(CO)(CO)NCCCOCC(F)(F)F. The minimum absolute atomic E-state index is 0.0144. The van der Waals surface area contributed by atoms with Crippen LogP contribution in [0.3, 0.4) is 0 Å². The number of rotatable bonds is 8. The molecule has 0 aromatic carbocycles. The lowest BCUT2D eigenvalue weighted by Crippen LogP contribution is -2.49. The maximum atomic E-state index is 11.7. The summed E-state index contributed by atoms with van der Waals surface area (Å²) in [5, 5.41) is 20.6. The van der Waals surface area contributed by atoms with E-state index < -0.39 is 18.3 Å². The van der Waals surface area contributed by atoms with E-state index in [1.165, 1.54) is 0 Å². The van der Waals surface area contributed by atoms with Crippen molar-refractivity contribution < 1.29 is 28.1 Å². The van der Waals surface area contributed by atoms with Gasteiger partial charge in [0.2, 0.25) is 0 Å². The molecule has 7 heteroatoms. The van der Waals surface area contributed by atoms with E-state index in [0.717, 1.165) is 0 Å². The second kappa shape index (κ2) is 7.05. The van der Waals surface area contributed by atoms with Crippen molar-refractivity contribution in [3.63, 3.8) is 0 Å². The van der Waals surface area contributed by atoms with Gasteiger partial charge in [0.05, 0.1) is 18.8 Å². The minimum atomic E-state index is -4.29. The molecule has 0 unspecified atom stereocenters. The van der Waals surface area contributed by atoms with Crippen LogP contribution in [0.4, 0.5) is 13.2 Å². The fourth-order valence-corrected chi connectivity index (χ4v) is 0.914. The van der Waals surface area contributed by atoms with Gasteiger partial charge in [-0.05, 0) is 19.9 Å². The van der Waals surface area contributed by atoms with Crippen LogP contribution in [0, 0.1) is 0 Å². The van der Waals surface area contributed by atoms with Crippen LogP contribution in [0.1, 0.15) is 13.3 Å². The molecule has 0 fully saturated rings. The highest BCUT2D eigenvalue weighted by Crippen LogP contribution is 2.14. The van der Waals surface area contributed by atoms with Crippen molar-refractivity contribution >= 4 is 0 Å². The quantitative estimate of drug-likeness (QED) is 0.538. The van der Waals surface area contributed by atoms with E-state index in [1.807, 2.05) is 0 Å². The summed E-state index contributed by atoms with van der Waals surface area (Å²) in [6.45, 7) is 0.239. The van der Waals surface area contributed by atoms with Gasteiger partial charge in [0.1, 0.15) is 6.61 Å². The largest absolute Gasteiger partial charge is 0.411 e. The molecule has 0 heterocycles. The Morgan fingerprint density at radius 1 is 1.19 bits per heavy atom. The number of aliphatic hydroxyl groups is 2. The van der Waals surface area contributed by atoms with Gasteiger partial charge in [-0.25, -0.2) is 0 Å². The Labute approximate surface area is 92.4 Å². The van der Waals surface area contributed by atoms with Crippen LogP contribution >= 0.6 is 0 Å². The highest BCUT2D eigenvalue weighted by molar-refractivity contribution is 4.80. The summed E-state index contributed by atoms with van der Waals surface area (Å²) < 4.78 is 39.4. The highest BCUT2D eigenvalue weighted by Gasteiger charge is 2.27. The van der Waals surface area contributed by atoms with Crippen LogP contribution < -0.4 is 5.32 Å². The lowest BCUT2D eigenvalue weighted by atomic mass is 10.1. The molecular weight excluding hydrogens is 227 g/mol. The molecule has 0 aromatic heterocycles. The third-order valence-corrected chi connectivity index (χ3v) is 1.98. The van der Waals surface area contributed by atoms with Gasteiger partial charge in [0.15, 0.2) is 0 Å². The smallest absolute Gasteiger partial charge is 0.394 e. The number of hydrogen-bond donors (Lipinski definition) is 3. The first kappa shape index (κ1) is 15.6. The van der Waals surface area contributed by atoms with Gasteiger partial charge in [-0.15, -0.1) is 0 Å². The van der Waals surface area contributed by atoms with Crippen molar-refractivity contribution in [2.45, 2.75) is 25.1 Å². The minimum Gasteiger partial charge on any atom is -0.394 e. The molecule has 4 nitrogen and oxygen atoms in total. The van der Waals surface area contributed by atoms with Gasteiger partial charge in [0, 0.05) is 6.61 Å². The van der Waals surface area contributed by atoms with Crippen LogP contribution in [0.15, 0.2) is 0 Å². The summed E-state index contributed by atoms with van der Waals surface area (Å²) >= 11 is 0. The van der Waals surface area contributed by atoms with Crippen molar-refractivity contribution in [3.8, 4) is 0 Å². The summed E-state index contributed by atoms with van der Waals surface area (Å²) in [5.74, 6) is 0. The fourth-order valence-electron chi connectivity index (χ4n) is 0.914. The van der Waals surface area contributed by atoms with Gasteiger partial charge >= 0.3 is 6.18 Å². The normalized spacial score (nSPS) is 13.1. The van der Waals surface area contributed by atoms with E-state index in [-0.39, 0.29) is 19.8 Å². The lowest BCUT2D eigenvalue weighted by molar-refractivity contribution is -0.174. The lowest BCUT2D eigenvalue weighted by Gasteiger charge is -2.26. The second-order valence-electron chi connectivity index (χ2n) is 3.82. The van der Waals surface area contributed by atoms with E-state index >= 15 is 0 Å². The fraction of sp³-hybridized carbons (Fsp3) is 1.00. The molecule has 0 saturated heterocycles. The van der Waals surface area contributed by atoms with E-state index in [0.29, 0.717) is 13.0 Å². The molecule has 0 aromatic rings. The van der Waals surface area contributed by atoms with Gasteiger partial charge in [-0.2, -0.15) is 13.2 Å². The molecule has 0 aliphatic heterocycles. The number of nitrogens with one attached hydrogen (secondary N) is 1. The molecule has 0 saturated carbocycles. The molecule has 0 radical (unpaired) electrons. The number of aliphatic hydroxyl groups excluding tert-OH is 2. The van der Waals surface area contributed by atoms with E-state index in [1.54, 1.807) is 6.92 Å². The first-order chi connectivity index (χ1) is 7.33. The van der Waals surface area contributed by atoms with Crippen molar-refractivity contribution in [1.82, 2.24) is 5.32 Å². The summed E-state index contributed by atoms with van der Waals surface area (Å²) in [5.41, 5.74) is -0.802. The molecule has 0 aliphatic rings. The molecule has 0 aliphatic carbocycles. The van der Waals surface area contributed by atoms with E-state index in [4.69, 9.17) is 10.2 Å². The topological polar surface area (TPSA) is 61.7 Å². The Kier molecular flexibility index (Phi) is 6.89. The third kappa shape index (κ3) is 7.86. The van der Waals surface area contributed by atoms with E-state index in [2.05, 4.69) is 10.1 Å². The van der Waals surface area contributed by atoms with Crippen molar-refractivity contribution in [2.75, 3.05) is 33.0 Å². The number of hydrogen-bond acceptors (Lipinski definition) is 4. The van der Waals surface area contributed by atoms with Gasteiger partial charge < -0.3 is 20.3 Å². The van der Waals surface area contributed by atoms with Crippen molar-refractivity contribution in [1.29, 1.82) is 0 Å². The molecule has 3 N–H and O–H groups in total. The van der Waals surface area contributed by atoms with Crippen LogP contribution in [0.2, 0.25) is 0 Å². The van der Waals surface area contributed by atoms with Crippen LogP contribution in [-0.4, -0.2) is 54.9 Å². The first-order valence-electron chi connectivity index (χ1n) is 4.94. The Bertz CT molecular complexity index is 183. The van der Waals surface area contributed by atoms with Crippen molar-refractivity contribution in [3.05, 3.63) is 0 Å². The maximum Gasteiger partial charge on any atom is 0.411 e. The Morgan fingerprint density at radius 2 is 1.75 bits per heavy atom. The molecular formula is C9H18F3NO3. The number of halogens is 3. The summed E-state index contributed by atoms with van der Waals surface area (Å²) in [4.78, 5) is 0. The van der Waals surface area contributed by atoms with Gasteiger partial charge in [-0.1, -0.05) is 0 Å². The maximum absolute atomic E-state index is 11.7. The third-order valence-electron chi connectivity index (χ3n) is 1.98. The Balaban J connectivity index is 3.47. The van der Waals surface area contributed by atoms with Crippen molar-refractivity contribution in [2.24, 2.45) is 0 Å². The predicted octanol–water partition coefficient (Wildman–Crippen LogP) is 0.288. The average Bonchev–Trinajstić information content (AvgIpc) is 2.21. The molecule has 98 valence electrons. The highest BCUT2D eigenvalue weighted by atomic mass is 19.4. The number of ether oxygens (including phenoxy) is 1. The zero-order chi connectivity index (χ0) is 12.7. The molecule has 16 heavy (non-hydrogen) atoms. The Hall–Kier alpha value is -0.370. The van der Waals surface area contributed by atoms with E-state index in [9.17, 15) is 13.2 Å².